The molecule has 2 rings (SSSR count). The summed E-state index contributed by atoms with van der Waals surface area (Å²) >= 11 is 12.0. The van der Waals surface area contributed by atoms with Crippen LogP contribution >= 0.6 is 23.2 Å². The number of hydrogen-bond donors (Lipinski definition) is 1. The normalized spacial score (nSPS) is 10.3. The number of carbonyl (C=O) groups excluding carboxylic acids is 1. The molecule has 0 saturated carbocycles. The van der Waals surface area contributed by atoms with Crippen molar-refractivity contribution in [1.82, 2.24) is 4.90 Å². The van der Waals surface area contributed by atoms with E-state index in [9.17, 15) is 4.79 Å². The Morgan fingerprint density at radius 3 is 2.45 bits per heavy atom. The van der Waals surface area contributed by atoms with E-state index in [4.69, 9.17) is 28.9 Å². The van der Waals surface area contributed by atoms with Gasteiger partial charge in [0.2, 0.25) is 0 Å². The zero-order valence-electron chi connectivity index (χ0n) is 10.9. The fourth-order valence-corrected chi connectivity index (χ4v) is 2.22. The van der Waals surface area contributed by atoms with E-state index >= 15 is 0 Å². The van der Waals surface area contributed by atoms with Gasteiger partial charge in [-0.2, -0.15) is 0 Å². The van der Waals surface area contributed by atoms with Crippen LogP contribution in [0.4, 0.5) is 5.69 Å². The third kappa shape index (κ3) is 3.24. The molecule has 1 amide bonds. The summed E-state index contributed by atoms with van der Waals surface area (Å²) in [6.07, 6.45) is 0. The minimum Gasteiger partial charge on any atom is -0.399 e. The minimum absolute atomic E-state index is 0.172. The number of hydrogen-bond acceptors (Lipinski definition) is 2. The summed E-state index contributed by atoms with van der Waals surface area (Å²) in [6.45, 7) is 0.474. The Morgan fingerprint density at radius 2 is 1.80 bits per heavy atom. The van der Waals surface area contributed by atoms with Crippen LogP contribution in [0.1, 0.15) is 15.9 Å². The lowest BCUT2D eigenvalue weighted by molar-refractivity contribution is 0.0785. The maximum atomic E-state index is 12.3. The number of anilines is 1. The number of nitrogen functional groups attached to an aromatic ring is 1. The second-order valence-electron chi connectivity index (χ2n) is 4.50. The van der Waals surface area contributed by atoms with Crippen LogP contribution in [0.5, 0.6) is 0 Å². The van der Waals surface area contributed by atoms with Crippen molar-refractivity contribution in [3.63, 3.8) is 0 Å². The van der Waals surface area contributed by atoms with Gasteiger partial charge in [0, 0.05) is 19.3 Å². The van der Waals surface area contributed by atoms with Gasteiger partial charge in [-0.05, 0) is 29.8 Å². The Hall–Kier alpha value is -1.71. The number of carbonyl (C=O) groups is 1. The fraction of sp³-hybridized carbons (Fsp3) is 0.133. The Balaban J connectivity index is 2.16. The van der Waals surface area contributed by atoms with Gasteiger partial charge in [-0.1, -0.05) is 41.4 Å². The number of halogens is 2. The smallest absolute Gasteiger partial charge is 0.255 e. The molecule has 3 nitrogen and oxygen atoms in total. The lowest BCUT2D eigenvalue weighted by Crippen LogP contribution is -2.26. The molecule has 5 heteroatoms. The van der Waals surface area contributed by atoms with E-state index in [1.54, 1.807) is 42.3 Å². The second-order valence-corrected chi connectivity index (χ2v) is 5.29. The molecule has 104 valence electrons. The van der Waals surface area contributed by atoms with Gasteiger partial charge in [-0.3, -0.25) is 4.79 Å². The van der Waals surface area contributed by atoms with Gasteiger partial charge in [0.1, 0.15) is 0 Å². The molecule has 2 aromatic rings. The van der Waals surface area contributed by atoms with E-state index in [1.165, 1.54) is 0 Å². The number of benzene rings is 2. The summed E-state index contributed by atoms with van der Waals surface area (Å²) in [7, 11) is 1.72. The number of rotatable bonds is 3. The maximum absolute atomic E-state index is 12.3. The molecular formula is C15H14Cl2N2O. The van der Waals surface area contributed by atoms with Crippen LogP contribution < -0.4 is 5.73 Å². The molecule has 2 N–H and O–H groups in total. The molecule has 0 fully saturated rings. The van der Waals surface area contributed by atoms with Crippen molar-refractivity contribution >= 4 is 34.8 Å². The molecule has 0 aromatic heterocycles. The molecule has 0 heterocycles. The largest absolute Gasteiger partial charge is 0.399 e. The molecule has 0 unspecified atom stereocenters. The van der Waals surface area contributed by atoms with E-state index < -0.39 is 0 Å². The first-order valence-corrected chi connectivity index (χ1v) is 6.78. The Morgan fingerprint density at radius 1 is 1.15 bits per heavy atom. The van der Waals surface area contributed by atoms with Crippen LogP contribution in [-0.4, -0.2) is 17.9 Å². The van der Waals surface area contributed by atoms with Gasteiger partial charge in [-0.25, -0.2) is 0 Å². The quantitative estimate of drug-likeness (QED) is 0.875. The molecule has 20 heavy (non-hydrogen) atoms. The Kier molecular flexibility index (Phi) is 4.53. The van der Waals surface area contributed by atoms with Crippen molar-refractivity contribution in [2.45, 2.75) is 6.54 Å². The van der Waals surface area contributed by atoms with Crippen molar-refractivity contribution in [2.24, 2.45) is 0 Å². The first kappa shape index (κ1) is 14.7. The molecule has 0 aliphatic carbocycles. The molecule has 0 aliphatic heterocycles. The highest BCUT2D eigenvalue weighted by Gasteiger charge is 2.16. The molecule has 2 aromatic carbocycles. The monoisotopic (exact) mass is 308 g/mol. The average Bonchev–Trinajstić information content (AvgIpc) is 2.43. The van der Waals surface area contributed by atoms with Crippen LogP contribution in [-0.2, 0) is 6.54 Å². The van der Waals surface area contributed by atoms with Crippen molar-refractivity contribution in [3.8, 4) is 0 Å². The minimum atomic E-state index is -0.172. The highest BCUT2D eigenvalue weighted by atomic mass is 35.5. The van der Waals surface area contributed by atoms with E-state index in [-0.39, 0.29) is 10.9 Å². The molecule has 0 aliphatic rings. The van der Waals surface area contributed by atoms with Gasteiger partial charge in [-0.15, -0.1) is 0 Å². The van der Waals surface area contributed by atoms with Crippen LogP contribution in [0, 0.1) is 0 Å². The summed E-state index contributed by atoms with van der Waals surface area (Å²) in [5.41, 5.74) is 7.72. The summed E-state index contributed by atoms with van der Waals surface area (Å²) in [5.74, 6) is -0.172. The number of nitrogens with two attached hydrogens (primary N) is 1. The fourth-order valence-electron chi connectivity index (χ4n) is 1.84. The zero-order valence-corrected chi connectivity index (χ0v) is 12.4. The molecule has 0 bridgehead atoms. The molecule has 0 atom stereocenters. The molecule has 0 spiro atoms. The van der Waals surface area contributed by atoms with Crippen LogP contribution in [0.25, 0.3) is 0 Å². The highest BCUT2D eigenvalue weighted by Crippen LogP contribution is 2.26. The van der Waals surface area contributed by atoms with Crippen LogP contribution in [0.2, 0.25) is 10.0 Å². The summed E-state index contributed by atoms with van der Waals surface area (Å²) < 4.78 is 0. The van der Waals surface area contributed by atoms with Gasteiger partial charge in [0.05, 0.1) is 15.6 Å². The molecule has 0 saturated heterocycles. The lowest BCUT2D eigenvalue weighted by atomic mass is 10.1. The number of amides is 1. The third-order valence-electron chi connectivity index (χ3n) is 2.93. The van der Waals surface area contributed by atoms with Crippen molar-refractivity contribution in [2.75, 3.05) is 12.8 Å². The van der Waals surface area contributed by atoms with Gasteiger partial charge in [0.25, 0.3) is 5.91 Å². The summed E-state index contributed by atoms with van der Waals surface area (Å²) in [4.78, 5) is 13.9. The standard InChI is InChI=1S/C15H14Cl2N2O/c1-19(9-10-5-7-11(18)8-6-10)15(20)12-3-2-4-13(16)14(12)17/h2-8H,9,18H2,1H3. The van der Waals surface area contributed by atoms with Crippen LogP contribution in [0.3, 0.4) is 0 Å². The first-order chi connectivity index (χ1) is 9.49. The van der Waals surface area contributed by atoms with Crippen molar-refractivity contribution in [1.29, 1.82) is 0 Å². The maximum Gasteiger partial charge on any atom is 0.255 e. The topological polar surface area (TPSA) is 46.3 Å². The summed E-state index contributed by atoms with van der Waals surface area (Å²) in [5, 5.41) is 0.654. The Bertz CT molecular complexity index is 626. The molecular weight excluding hydrogens is 295 g/mol. The van der Waals surface area contributed by atoms with Crippen molar-refractivity contribution in [3.05, 3.63) is 63.6 Å². The second kappa shape index (κ2) is 6.16. The predicted molar refractivity (Wildman–Crippen MR) is 83.1 cm³/mol. The van der Waals surface area contributed by atoms with Crippen molar-refractivity contribution < 1.29 is 4.79 Å². The third-order valence-corrected chi connectivity index (χ3v) is 3.75. The van der Waals surface area contributed by atoms with Gasteiger partial charge >= 0.3 is 0 Å². The average molecular weight is 309 g/mol. The van der Waals surface area contributed by atoms with Gasteiger partial charge < -0.3 is 10.6 Å². The highest BCUT2D eigenvalue weighted by molar-refractivity contribution is 6.43. The lowest BCUT2D eigenvalue weighted by Gasteiger charge is -2.18. The predicted octanol–water partition coefficient (Wildman–Crippen LogP) is 3.85. The summed E-state index contributed by atoms with van der Waals surface area (Å²) in [6, 6.07) is 12.4. The SMILES string of the molecule is CN(Cc1ccc(N)cc1)C(=O)c1cccc(Cl)c1Cl. The van der Waals surface area contributed by atoms with Gasteiger partial charge in [0.15, 0.2) is 0 Å². The molecule has 0 radical (unpaired) electrons. The van der Waals surface area contributed by atoms with E-state index in [1.807, 2.05) is 12.1 Å². The first-order valence-electron chi connectivity index (χ1n) is 6.03. The van der Waals surface area contributed by atoms with E-state index in [0.29, 0.717) is 22.8 Å². The number of nitrogens with zero attached hydrogens (tertiary/aromatic N) is 1. The van der Waals surface area contributed by atoms with E-state index in [2.05, 4.69) is 0 Å². The Labute approximate surface area is 127 Å². The van der Waals surface area contributed by atoms with E-state index in [0.717, 1.165) is 5.56 Å². The zero-order chi connectivity index (χ0) is 14.7. The van der Waals surface area contributed by atoms with Crippen LogP contribution in [0.15, 0.2) is 42.5 Å².